The van der Waals surface area contributed by atoms with Gasteiger partial charge in [-0.15, -0.1) is 0 Å². The molecule has 0 spiro atoms. The zero-order valence-electron chi connectivity index (χ0n) is 12.7. The molecule has 5 N–H and O–H groups in total. The molecule has 136 valence electrons. The molecular formula is C12H23NO9S. The van der Waals surface area contributed by atoms with E-state index in [4.69, 9.17) is 14.0 Å². The van der Waals surface area contributed by atoms with Crippen molar-refractivity contribution in [3.63, 3.8) is 0 Å². The van der Waals surface area contributed by atoms with E-state index < -0.39 is 45.7 Å². The number of hydrogen-bond donors (Lipinski definition) is 5. The van der Waals surface area contributed by atoms with E-state index >= 15 is 0 Å². The van der Waals surface area contributed by atoms with E-state index in [-0.39, 0.29) is 32.6 Å². The molecule has 1 amide bonds. The molecule has 0 bridgehead atoms. The minimum atomic E-state index is -4.14. The smallest absolute Gasteiger partial charge is 0.266 e. The zero-order valence-corrected chi connectivity index (χ0v) is 13.5. The molecule has 0 heterocycles. The van der Waals surface area contributed by atoms with Gasteiger partial charge in [-0.1, -0.05) is 0 Å². The van der Waals surface area contributed by atoms with Crippen molar-refractivity contribution in [1.29, 1.82) is 0 Å². The summed E-state index contributed by atoms with van der Waals surface area (Å²) < 4.78 is 40.0. The minimum absolute atomic E-state index is 0.0338. The Bertz CT molecular complexity index is 483. The van der Waals surface area contributed by atoms with Crippen LogP contribution in [0.2, 0.25) is 0 Å². The second kappa shape index (κ2) is 8.33. The Morgan fingerprint density at radius 2 is 1.83 bits per heavy atom. The molecule has 0 radical (unpaired) electrons. The number of nitrogens with one attached hydrogen (secondary N) is 1. The van der Waals surface area contributed by atoms with Crippen LogP contribution < -0.4 is 5.32 Å². The third-order valence-electron chi connectivity index (χ3n) is 3.66. The summed E-state index contributed by atoms with van der Waals surface area (Å²) in [7, 11) is -2.78. The maximum Gasteiger partial charge on any atom is 0.266 e. The molecule has 0 aromatic rings. The highest BCUT2D eigenvalue weighted by molar-refractivity contribution is 7.85. The summed E-state index contributed by atoms with van der Waals surface area (Å²) >= 11 is 0. The molecule has 0 aliphatic heterocycles. The predicted molar refractivity (Wildman–Crippen MR) is 77.2 cm³/mol. The van der Waals surface area contributed by atoms with E-state index in [2.05, 4.69) is 5.32 Å². The van der Waals surface area contributed by atoms with Gasteiger partial charge in [0.2, 0.25) is 5.91 Å². The fourth-order valence-corrected chi connectivity index (χ4v) is 2.75. The largest absolute Gasteiger partial charge is 0.390 e. The van der Waals surface area contributed by atoms with Crippen LogP contribution in [-0.4, -0.2) is 90.7 Å². The highest BCUT2D eigenvalue weighted by Gasteiger charge is 2.45. The molecule has 1 saturated carbocycles. The van der Waals surface area contributed by atoms with Crippen molar-refractivity contribution in [3.05, 3.63) is 0 Å². The summed E-state index contributed by atoms with van der Waals surface area (Å²) in [5.41, 5.74) is -1.03. The number of hydrogen-bond acceptors (Lipinski definition) is 8. The Morgan fingerprint density at radius 1 is 1.26 bits per heavy atom. The number of methoxy groups -OCH3 is 1. The number of carbonyl (C=O) groups is 1. The molecule has 0 saturated heterocycles. The monoisotopic (exact) mass is 357 g/mol. The lowest BCUT2D eigenvalue weighted by Gasteiger charge is -2.42. The number of amides is 1. The van der Waals surface area contributed by atoms with Gasteiger partial charge in [0.05, 0.1) is 30.2 Å². The molecule has 10 nitrogen and oxygen atoms in total. The van der Waals surface area contributed by atoms with Crippen LogP contribution >= 0.6 is 0 Å². The Balaban J connectivity index is 2.39. The van der Waals surface area contributed by atoms with Gasteiger partial charge in [0.1, 0.15) is 12.7 Å². The number of ether oxygens (including phenoxy) is 2. The van der Waals surface area contributed by atoms with E-state index in [0.717, 1.165) is 0 Å². The third kappa shape index (κ3) is 6.67. The van der Waals surface area contributed by atoms with Crippen LogP contribution in [0.25, 0.3) is 0 Å². The maximum atomic E-state index is 11.5. The summed E-state index contributed by atoms with van der Waals surface area (Å²) in [6.45, 7) is -0.735. The van der Waals surface area contributed by atoms with Crippen molar-refractivity contribution in [3.8, 4) is 0 Å². The fraction of sp³-hybridized carbons (Fsp3) is 0.917. The lowest BCUT2D eigenvalue weighted by atomic mass is 9.80. The number of carbonyl (C=O) groups excluding carboxylic acids is 1. The second-order valence-electron chi connectivity index (χ2n) is 5.55. The van der Waals surface area contributed by atoms with Gasteiger partial charge in [0.25, 0.3) is 10.1 Å². The van der Waals surface area contributed by atoms with Crippen LogP contribution in [0.15, 0.2) is 0 Å². The molecule has 2 atom stereocenters. The number of aliphatic hydroxyl groups excluding tert-OH is 3. The summed E-state index contributed by atoms with van der Waals surface area (Å²) in [6.07, 6.45) is -3.54. The van der Waals surface area contributed by atoms with Gasteiger partial charge in [-0.25, -0.2) is 0 Å². The Hall–Kier alpha value is -0.820. The van der Waals surface area contributed by atoms with Gasteiger partial charge in [-0.05, 0) is 0 Å². The van der Waals surface area contributed by atoms with Crippen LogP contribution in [0.1, 0.15) is 12.8 Å². The van der Waals surface area contributed by atoms with Crippen LogP contribution in [0.4, 0.5) is 0 Å². The first-order valence-corrected chi connectivity index (χ1v) is 8.58. The molecule has 0 aromatic carbocycles. The molecule has 2 unspecified atom stereocenters. The van der Waals surface area contributed by atoms with Crippen LogP contribution in [0.5, 0.6) is 0 Å². The van der Waals surface area contributed by atoms with Crippen molar-refractivity contribution in [1.82, 2.24) is 5.32 Å². The maximum absolute atomic E-state index is 11.5. The molecular weight excluding hydrogens is 334 g/mol. The first-order chi connectivity index (χ1) is 10.6. The highest BCUT2D eigenvalue weighted by Crippen LogP contribution is 2.32. The standard InChI is InChI=1S/C12H23NO9S/c1-21-12(4-8(14)11(17)9(15)5-12)7-22-6-10(16)13-2-3-23(18,19)20/h8-9,11,14-15,17H,2-7H2,1H3,(H,13,16)(H,18,19,20). The van der Waals surface area contributed by atoms with Gasteiger partial charge in [-0.3, -0.25) is 9.35 Å². The molecule has 1 fully saturated rings. The zero-order chi connectivity index (χ0) is 17.7. The highest BCUT2D eigenvalue weighted by atomic mass is 32.2. The van der Waals surface area contributed by atoms with Crippen LogP contribution in [-0.2, 0) is 24.4 Å². The Labute approximate surface area is 134 Å². The van der Waals surface area contributed by atoms with Gasteiger partial charge >= 0.3 is 0 Å². The third-order valence-corrected chi connectivity index (χ3v) is 4.38. The van der Waals surface area contributed by atoms with Crippen LogP contribution in [0.3, 0.4) is 0 Å². The van der Waals surface area contributed by atoms with E-state index in [1.807, 2.05) is 0 Å². The van der Waals surface area contributed by atoms with Crippen molar-refractivity contribution in [2.75, 3.05) is 32.6 Å². The summed E-state index contributed by atoms with van der Waals surface area (Å²) in [4.78, 5) is 11.5. The first-order valence-electron chi connectivity index (χ1n) is 6.97. The van der Waals surface area contributed by atoms with Crippen molar-refractivity contribution in [2.45, 2.75) is 36.8 Å². The summed E-state index contributed by atoms with van der Waals surface area (Å²) in [5, 5.41) is 31.2. The van der Waals surface area contributed by atoms with E-state index in [9.17, 15) is 28.5 Å². The molecule has 23 heavy (non-hydrogen) atoms. The van der Waals surface area contributed by atoms with E-state index in [1.54, 1.807) is 0 Å². The average molecular weight is 357 g/mol. The fourth-order valence-electron chi connectivity index (χ4n) is 2.39. The van der Waals surface area contributed by atoms with Gasteiger partial charge in [0, 0.05) is 26.5 Å². The second-order valence-corrected chi connectivity index (χ2v) is 7.12. The predicted octanol–water partition coefficient (Wildman–Crippen LogP) is -2.73. The van der Waals surface area contributed by atoms with E-state index in [0.29, 0.717) is 0 Å². The average Bonchev–Trinajstić information content (AvgIpc) is 2.43. The molecule has 11 heteroatoms. The van der Waals surface area contributed by atoms with Crippen LogP contribution in [0, 0.1) is 0 Å². The number of rotatable bonds is 8. The molecule has 1 aliphatic rings. The Morgan fingerprint density at radius 3 is 2.30 bits per heavy atom. The van der Waals surface area contributed by atoms with Gasteiger partial charge in [-0.2, -0.15) is 8.42 Å². The molecule has 1 aliphatic carbocycles. The van der Waals surface area contributed by atoms with Gasteiger partial charge in [0.15, 0.2) is 0 Å². The number of aliphatic hydroxyl groups is 3. The normalized spacial score (nSPS) is 31.8. The quantitative estimate of drug-likeness (QED) is 0.290. The van der Waals surface area contributed by atoms with Crippen molar-refractivity contribution >= 4 is 16.0 Å². The topological polar surface area (TPSA) is 163 Å². The SMILES string of the molecule is COC1(COCC(=O)NCCS(=O)(=O)O)CC(O)C(O)C(O)C1. The summed E-state index contributed by atoms with van der Waals surface area (Å²) in [5.74, 6) is -1.19. The van der Waals surface area contributed by atoms with Crippen molar-refractivity contribution < 1.29 is 42.6 Å². The molecule has 1 rings (SSSR count). The Kier molecular flexibility index (Phi) is 7.32. The molecule has 0 aromatic heterocycles. The first kappa shape index (κ1) is 20.2. The lowest BCUT2D eigenvalue weighted by molar-refractivity contribution is -0.184. The lowest BCUT2D eigenvalue weighted by Crippen LogP contribution is -2.55. The van der Waals surface area contributed by atoms with Gasteiger partial charge < -0.3 is 30.1 Å². The minimum Gasteiger partial charge on any atom is -0.390 e. The van der Waals surface area contributed by atoms with Crippen molar-refractivity contribution in [2.24, 2.45) is 0 Å². The summed E-state index contributed by atoms with van der Waals surface area (Å²) in [6, 6.07) is 0. The van der Waals surface area contributed by atoms with E-state index in [1.165, 1.54) is 7.11 Å².